The van der Waals surface area contributed by atoms with Crippen LogP contribution in [0.3, 0.4) is 0 Å². The molecular formula is C16H23N5. The lowest BCUT2D eigenvalue weighted by atomic mass is 10.00. The molecular weight excluding hydrogens is 262 g/mol. The number of guanidine groups is 1. The summed E-state index contributed by atoms with van der Waals surface area (Å²) in [4.78, 5) is 11.3. The number of rotatable bonds is 2. The Hall–Kier alpha value is -2.04. The van der Waals surface area contributed by atoms with Crippen LogP contribution in [0.15, 0.2) is 35.6 Å². The molecule has 0 saturated carbocycles. The van der Waals surface area contributed by atoms with Gasteiger partial charge in [-0.2, -0.15) is 0 Å². The first-order valence-corrected chi connectivity index (χ1v) is 7.64. The van der Waals surface area contributed by atoms with E-state index >= 15 is 0 Å². The normalized spacial score (nSPS) is 17.4. The van der Waals surface area contributed by atoms with Crippen LogP contribution in [-0.4, -0.2) is 40.4 Å². The number of likely N-dealkylation sites (tertiary alicyclic amines) is 1. The Morgan fingerprint density at radius 3 is 2.90 bits per heavy atom. The molecule has 112 valence electrons. The summed E-state index contributed by atoms with van der Waals surface area (Å²) in [5.41, 5.74) is 2.02. The molecule has 1 aliphatic heterocycles. The van der Waals surface area contributed by atoms with Crippen molar-refractivity contribution in [2.75, 3.05) is 20.1 Å². The number of nitrogens with one attached hydrogen (secondary N) is 1. The fourth-order valence-electron chi connectivity index (χ4n) is 2.79. The van der Waals surface area contributed by atoms with Crippen LogP contribution in [0.25, 0.3) is 5.65 Å². The number of fused-ring (bicyclic) bond motifs is 1. The number of aliphatic imine (C=N–C) groups is 1. The highest BCUT2D eigenvalue weighted by Crippen LogP contribution is 2.16. The number of nitrogens with zero attached hydrogens (tertiary/aromatic N) is 4. The molecule has 3 heterocycles. The fourth-order valence-corrected chi connectivity index (χ4v) is 2.79. The third kappa shape index (κ3) is 3.17. The fraction of sp³-hybridized carbons (Fsp3) is 0.500. The molecule has 0 radical (unpaired) electrons. The van der Waals surface area contributed by atoms with Gasteiger partial charge in [0.25, 0.3) is 0 Å². The third-order valence-corrected chi connectivity index (χ3v) is 4.14. The molecule has 5 heteroatoms. The molecule has 0 aromatic carbocycles. The molecule has 5 nitrogen and oxygen atoms in total. The summed E-state index contributed by atoms with van der Waals surface area (Å²) in [5, 5.41) is 3.43. The molecule has 3 rings (SSSR count). The molecule has 0 amide bonds. The van der Waals surface area contributed by atoms with Crippen LogP contribution in [0.2, 0.25) is 0 Å². The quantitative estimate of drug-likeness (QED) is 0.679. The van der Waals surface area contributed by atoms with Crippen LogP contribution in [0.5, 0.6) is 0 Å². The zero-order chi connectivity index (χ0) is 14.7. The van der Waals surface area contributed by atoms with Crippen LogP contribution < -0.4 is 5.32 Å². The van der Waals surface area contributed by atoms with Crippen molar-refractivity contribution in [2.45, 2.75) is 26.3 Å². The van der Waals surface area contributed by atoms with Crippen molar-refractivity contribution < 1.29 is 0 Å². The summed E-state index contributed by atoms with van der Waals surface area (Å²) in [6, 6.07) is 6.04. The van der Waals surface area contributed by atoms with Crippen LogP contribution in [-0.2, 0) is 6.54 Å². The van der Waals surface area contributed by atoms with Crippen molar-refractivity contribution in [3.05, 3.63) is 36.3 Å². The molecule has 1 N–H and O–H groups in total. The highest BCUT2D eigenvalue weighted by Gasteiger charge is 2.18. The minimum Gasteiger partial charge on any atom is -0.351 e. The topological polar surface area (TPSA) is 44.9 Å². The molecule has 1 aliphatic rings. The van der Waals surface area contributed by atoms with Crippen molar-refractivity contribution in [1.29, 1.82) is 0 Å². The maximum atomic E-state index is 4.60. The Labute approximate surface area is 125 Å². The molecule has 2 aromatic heterocycles. The van der Waals surface area contributed by atoms with Crippen molar-refractivity contribution >= 4 is 11.6 Å². The van der Waals surface area contributed by atoms with E-state index in [0.717, 1.165) is 36.3 Å². The van der Waals surface area contributed by atoms with Gasteiger partial charge in [0.2, 0.25) is 0 Å². The van der Waals surface area contributed by atoms with Gasteiger partial charge < -0.3 is 14.6 Å². The minimum atomic E-state index is 0.709. The largest absolute Gasteiger partial charge is 0.351 e. The number of hydrogen-bond donors (Lipinski definition) is 1. The van der Waals surface area contributed by atoms with Crippen molar-refractivity contribution in [2.24, 2.45) is 10.9 Å². The molecule has 0 aliphatic carbocycles. The molecule has 21 heavy (non-hydrogen) atoms. The highest BCUT2D eigenvalue weighted by atomic mass is 15.3. The van der Waals surface area contributed by atoms with E-state index in [1.54, 1.807) is 0 Å². The van der Waals surface area contributed by atoms with Gasteiger partial charge in [-0.1, -0.05) is 13.0 Å². The standard InChI is InChI=1S/C16H23N5/c1-13-6-9-20(10-7-13)16(17-2)18-11-14-12-21-8-4-3-5-15(21)19-14/h3-5,8,12-13H,6-7,9-11H2,1-2H3,(H,17,18). The maximum Gasteiger partial charge on any atom is 0.193 e. The Balaban J connectivity index is 1.62. The summed E-state index contributed by atoms with van der Waals surface area (Å²) < 4.78 is 2.04. The Bertz CT molecular complexity index is 589. The van der Waals surface area contributed by atoms with E-state index in [9.17, 15) is 0 Å². The van der Waals surface area contributed by atoms with Gasteiger partial charge in [0.15, 0.2) is 5.96 Å². The van der Waals surface area contributed by atoms with Crippen molar-refractivity contribution in [3.8, 4) is 0 Å². The first-order chi connectivity index (χ1) is 10.3. The van der Waals surface area contributed by atoms with E-state index in [0.29, 0.717) is 6.54 Å². The number of hydrogen-bond acceptors (Lipinski definition) is 2. The van der Waals surface area contributed by atoms with Crippen LogP contribution in [0.4, 0.5) is 0 Å². The number of aromatic nitrogens is 2. The van der Waals surface area contributed by atoms with E-state index in [1.807, 2.05) is 35.8 Å². The second kappa shape index (κ2) is 6.16. The van der Waals surface area contributed by atoms with Crippen LogP contribution >= 0.6 is 0 Å². The Kier molecular flexibility index (Phi) is 4.08. The maximum absolute atomic E-state index is 4.60. The van der Waals surface area contributed by atoms with Crippen molar-refractivity contribution in [1.82, 2.24) is 19.6 Å². The average Bonchev–Trinajstić information content (AvgIpc) is 2.92. The zero-order valence-corrected chi connectivity index (χ0v) is 12.8. The van der Waals surface area contributed by atoms with Gasteiger partial charge in [0, 0.05) is 32.5 Å². The number of pyridine rings is 1. The molecule has 0 atom stereocenters. The predicted molar refractivity (Wildman–Crippen MR) is 85.4 cm³/mol. The van der Waals surface area contributed by atoms with Crippen LogP contribution in [0.1, 0.15) is 25.5 Å². The minimum absolute atomic E-state index is 0.709. The lowest BCUT2D eigenvalue weighted by Crippen LogP contribution is -2.45. The van der Waals surface area contributed by atoms with E-state index in [1.165, 1.54) is 12.8 Å². The molecule has 0 unspecified atom stereocenters. The lowest BCUT2D eigenvalue weighted by Gasteiger charge is -2.32. The third-order valence-electron chi connectivity index (χ3n) is 4.14. The second-order valence-corrected chi connectivity index (χ2v) is 5.77. The van der Waals surface area contributed by atoms with Crippen LogP contribution in [0, 0.1) is 5.92 Å². The van der Waals surface area contributed by atoms with Gasteiger partial charge in [-0.25, -0.2) is 4.98 Å². The monoisotopic (exact) mass is 285 g/mol. The Morgan fingerprint density at radius 1 is 1.38 bits per heavy atom. The van der Waals surface area contributed by atoms with E-state index in [-0.39, 0.29) is 0 Å². The summed E-state index contributed by atoms with van der Waals surface area (Å²) in [5.74, 6) is 1.82. The van der Waals surface area contributed by atoms with Gasteiger partial charge >= 0.3 is 0 Å². The smallest absolute Gasteiger partial charge is 0.193 e. The second-order valence-electron chi connectivity index (χ2n) is 5.77. The van der Waals surface area contributed by atoms with Gasteiger partial charge in [0.1, 0.15) is 5.65 Å². The van der Waals surface area contributed by atoms with Gasteiger partial charge in [-0.15, -0.1) is 0 Å². The summed E-state index contributed by atoms with van der Waals surface area (Å²) in [6.45, 7) is 5.21. The molecule has 0 spiro atoms. The highest BCUT2D eigenvalue weighted by molar-refractivity contribution is 5.79. The molecule has 0 bridgehead atoms. The molecule has 1 saturated heterocycles. The van der Waals surface area contributed by atoms with E-state index in [4.69, 9.17) is 0 Å². The van der Waals surface area contributed by atoms with E-state index in [2.05, 4.69) is 33.3 Å². The molecule has 2 aromatic rings. The Morgan fingerprint density at radius 2 is 2.19 bits per heavy atom. The summed E-state index contributed by atoms with van der Waals surface area (Å²) in [7, 11) is 1.85. The SMILES string of the molecule is CN=C(NCc1cn2ccccc2n1)N1CCC(C)CC1. The average molecular weight is 285 g/mol. The first-order valence-electron chi connectivity index (χ1n) is 7.64. The number of piperidine rings is 1. The molecule has 1 fully saturated rings. The first kappa shape index (κ1) is 13.9. The summed E-state index contributed by atoms with van der Waals surface area (Å²) >= 11 is 0. The van der Waals surface area contributed by atoms with Crippen molar-refractivity contribution in [3.63, 3.8) is 0 Å². The van der Waals surface area contributed by atoms with E-state index < -0.39 is 0 Å². The lowest BCUT2D eigenvalue weighted by molar-refractivity contribution is 0.273. The predicted octanol–water partition coefficient (Wildman–Crippen LogP) is 2.14. The van der Waals surface area contributed by atoms with Gasteiger partial charge in [0.05, 0.1) is 12.2 Å². The number of imidazole rings is 1. The summed E-state index contributed by atoms with van der Waals surface area (Å²) in [6.07, 6.45) is 6.57. The zero-order valence-electron chi connectivity index (χ0n) is 12.8. The van der Waals surface area contributed by atoms with Gasteiger partial charge in [-0.05, 0) is 30.9 Å². The van der Waals surface area contributed by atoms with Gasteiger partial charge in [-0.3, -0.25) is 4.99 Å².